The second kappa shape index (κ2) is 11.7. The number of carbonyl (C=O) groups excluding carboxylic acids is 4. The summed E-state index contributed by atoms with van der Waals surface area (Å²) in [5, 5.41) is 6.10. The molecule has 35 heavy (non-hydrogen) atoms. The highest BCUT2D eigenvalue weighted by molar-refractivity contribution is 8.14. The number of amides is 2. The fourth-order valence-electron chi connectivity index (χ4n) is 4.69. The van der Waals surface area contributed by atoms with Gasteiger partial charge in [0.1, 0.15) is 11.6 Å². The van der Waals surface area contributed by atoms with Gasteiger partial charge in [-0.05, 0) is 36.8 Å². The predicted octanol–water partition coefficient (Wildman–Crippen LogP) is 3.49. The van der Waals surface area contributed by atoms with E-state index in [0.29, 0.717) is 19.3 Å². The van der Waals surface area contributed by atoms with Crippen molar-refractivity contribution in [3.05, 3.63) is 36.0 Å². The van der Waals surface area contributed by atoms with Gasteiger partial charge in [-0.3, -0.25) is 14.4 Å². The quantitative estimate of drug-likeness (QED) is 0.429. The first kappa shape index (κ1) is 26.8. The highest BCUT2D eigenvalue weighted by atomic mass is 32.2. The van der Waals surface area contributed by atoms with Crippen LogP contribution in [0.2, 0.25) is 0 Å². The number of hydrogen-bond acceptors (Lipinski definition) is 6. The lowest BCUT2D eigenvalue weighted by molar-refractivity contribution is -0.146. The number of thioether (sulfide) groups is 1. The molecule has 0 saturated heterocycles. The lowest BCUT2D eigenvalue weighted by atomic mass is 9.94. The number of H-pyrrole nitrogens is 1. The normalized spacial score (nSPS) is 16.6. The van der Waals surface area contributed by atoms with Gasteiger partial charge >= 0.3 is 5.97 Å². The van der Waals surface area contributed by atoms with E-state index < -0.39 is 28.7 Å². The topological polar surface area (TPSA) is 117 Å². The number of methoxy groups -OCH3 is 1. The molecular weight excluding hydrogens is 466 g/mol. The summed E-state index contributed by atoms with van der Waals surface area (Å²) in [7, 11) is 1.29. The summed E-state index contributed by atoms with van der Waals surface area (Å²) in [4.78, 5) is 54.3. The fraction of sp³-hybridized carbons (Fsp3) is 0.538. The van der Waals surface area contributed by atoms with Crippen LogP contribution < -0.4 is 10.6 Å². The van der Waals surface area contributed by atoms with E-state index in [4.69, 9.17) is 4.74 Å². The minimum Gasteiger partial charge on any atom is -0.467 e. The number of nitrogens with one attached hydrogen (secondary N) is 3. The summed E-state index contributed by atoms with van der Waals surface area (Å²) in [5.74, 6) is -1.05. The molecular formula is C26H35N3O5S. The molecule has 1 fully saturated rings. The number of fused-ring (bicyclic) bond motifs is 1. The number of hydrogen-bond donors (Lipinski definition) is 3. The molecule has 8 nitrogen and oxygen atoms in total. The summed E-state index contributed by atoms with van der Waals surface area (Å²) >= 11 is 0.996. The molecule has 3 N–H and O–H groups in total. The van der Waals surface area contributed by atoms with Crippen molar-refractivity contribution < 1.29 is 23.9 Å². The van der Waals surface area contributed by atoms with Crippen LogP contribution in [-0.4, -0.2) is 51.8 Å². The molecule has 0 bridgehead atoms. The van der Waals surface area contributed by atoms with Crippen LogP contribution in [0.4, 0.5) is 0 Å². The monoisotopic (exact) mass is 501 g/mol. The third-order valence-corrected chi connectivity index (χ3v) is 7.45. The van der Waals surface area contributed by atoms with Crippen LogP contribution in [0, 0.1) is 5.92 Å². The third kappa shape index (κ3) is 6.66. The Morgan fingerprint density at radius 1 is 1.14 bits per heavy atom. The Bertz CT molecular complexity index is 1070. The molecule has 0 radical (unpaired) electrons. The smallest absolute Gasteiger partial charge is 0.328 e. The molecule has 1 aliphatic rings. The van der Waals surface area contributed by atoms with Crippen LogP contribution in [-0.2, 0) is 30.3 Å². The van der Waals surface area contributed by atoms with Gasteiger partial charge in [-0.1, -0.05) is 56.7 Å². The Morgan fingerprint density at radius 2 is 1.83 bits per heavy atom. The molecule has 1 saturated carbocycles. The maximum atomic E-state index is 13.6. The SMILES string of the molecule is COC(=O)[C@H](Cc1c[nH]c2ccccc12)NC(=O)C1(NC(=O)[C@@H](CC(C)C)SC(C)=O)CCCC1. The number of aromatic amines is 1. The van der Waals surface area contributed by atoms with Crippen molar-refractivity contribution in [1.82, 2.24) is 15.6 Å². The summed E-state index contributed by atoms with van der Waals surface area (Å²) < 4.78 is 4.98. The number of esters is 1. The van der Waals surface area contributed by atoms with E-state index in [1.54, 1.807) is 0 Å². The molecule has 0 spiro atoms. The van der Waals surface area contributed by atoms with Crippen LogP contribution in [0.5, 0.6) is 0 Å². The van der Waals surface area contributed by atoms with Gasteiger partial charge < -0.3 is 20.4 Å². The zero-order chi connectivity index (χ0) is 25.6. The Morgan fingerprint density at radius 3 is 2.46 bits per heavy atom. The molecule has 2 atom stereocenters. The first-order valence-corrected chi connectivity index (χ1v) is 13.0. The number of rotatable bonds is 10. The Hall–Kier alpha value is -2.81. The van der Waals surface area contributed by atoms with Gasteiger partial charge in [-0.25, -0.2) is 4.79 Å². The average molecular weight is 502 g/mol. The van der Waals surface area contributed by atoms with Gasteiger partial charge in [-0.2, -0.15) is 0 Å². The third-order valence-electron chi connectivity index (χ3n) is 6.43. The molecule has 9 heteroatoms. The lowest BCUT2D eigenvalue weighted by Crippen LogP contribution is -2.61. The maximum absolute atomic E-state index is 13.6. The molecule has 1 aromatic heterocycles. The van der Waals surface area contributed by atoms with Crippen molar-refractivity contribution in [3.8, 4) is 0 Å². The van der Waals surface area contributed by atoms with Crippen molar-refractivity contribution in [1.29, 1.82) is 0 Å². The van der Waals surface area contributed by atoms with Gasteiger partial charge in [0, 0.05) is 30.4 Å². The van der Waals surface area contributed by atoms with Crippen LogP contribution >= 0.6 is 11.8 Å². The van der Waals surface area contributed by atoms with E-state index in [0.717, 1.165) is 41.1 Å². The molecule has 1 aromatic carbocycles. The first-order chi connectivity index (χ1) is 16.6. The number of para-hydroxylation sites is 1. The van der Waals surface area contributed by atoms with Crippen molar-refractivity contribution in [2.75, 3.05) is 7.11 Å². The van der Waals surface area contributed by atoms with Crippen molar-refractivity contribution in [2.45, 2.75) is 76.1 Å². The first-order valence-electron chi connectivity index (χ1n) is 12.1. The van der Waals surface area contributed by atoms with Crippen LogP contribution in [0.15, 0.2) is 30.5 Å². The van der Waals surface area contributed by atoms with Gasteiger partial charge in [0.25, 0.3) is 0 Å². The molecule has 1 aliphatic carbocycles. The number of benzene rings is 1. The molecule has 0 aliphatic heterocycles. The van der Waals surface area contributed by atoms with Crippen LogP contribution in [0.3, 0.4) is 0 Å². The van der Waals surface area contributed by atoms with Gasteiger partial charge in [0.05, 0.1) is 12.4 Å². The minimum absolute atomic E-state index is 0.139. The van der Waals surface area contributed by atoms with Crippen molar-refractivity contribution >= 4 is 45.6 Å². The molecule has 2 aromatic rings. The Balaban J connectivity index is 1.79. The van der Waals surface area contributed by atoms with Crippen molar-refractivity contribution in [2.24, 2.45) is 5.92 Å². The van der Waals surface area contributed by atoms with Crippen LogP contribution in [0.1, 0.15) is 58.4 Å². The number of aromatic nitrogens is 1. The van der Waals surface area contributed by atoms with E-state index in [-0.39, 0.29) is 23.4 Å². The highest BCUT2D eigenvalue weighted by Gasteiger charge is 2.45. The number of carbonyl (C=O) groups is 4. The molecule has 2 amide bonds. The summed E-state index contributed by atoms with van der Waals surface area (Å²) in [6.45, 7) is 5.42. The Labute approximate surface area is 210 Å². The molecule has 1 heterocycles. The molecule has 0 unspecified atom stereocenters. The van der Waals surface area contributed by atoms with Crippen LogP contribution in [0.25, 0.3) is 10.9 Å². The average Bonchev–Trinajstić information content (AvgIpc) is 3.45. The van der Waals surface area contributed by atoms with Gasteiger partial charge in [-0.15, -0.1) is 0 Å². The van der Waals surface area contributed by atoms with Gasteiger partial charge in [0.15, 0.2) is 5.12 Å². The zero-order valence-electron chi connectivity index (χ0n) is 20.8. The largest absolute Gasteiger partial charge is 0.467 e. The Kier molecular flexibility index (Phi) is 8.99. The standard InChI is InChI=1S/C26H35N3O5S/c1-16(2)13-22(35-17(3)30)23(31)29-26(11-7-8-12-26)25(33)28-21(24(32)34-4)14-18-15-27-20-10-6-5-9-19(18)20/h5-6,9-10,15-16,21-22,27H,7-8,11-14H2,1-4H3,(H,28,33)(H,29,31)/t21-,22+/m0/s1. The van der Waals surface area contributed by atoms with E-state index in [1.165, 1.54) is 14.0 Å². The second-order valence-corrected chi connectivity index (χ2v) is 11.0. The highest BCUT2D eigenvalue weighted by Crippen LogP contribution is 2.32. The minimum atomic E-state index is -1.11. The second-order valence-electron chi connectivity index (χ2n) is 9.62. The molecule has 3 rings (SSSR count). The zero-order valence-corrected chi connectivity index (χ0v) is 21.6. The van der Waals surface area contributed by atoms with E-state index >= 15 is 0 Å². The summed E-state index contributed by atoms with van der Waals surface area (Å²) in [6.07, 6.45) is 5.13. The van der Waals surface area contributed by atoms with E-state index in [2.05, 4.69) is 15.6 Å². The van der Waals surface area contributed by atoms with E-state index in [1.807, 2.05) is 44.3 Å². The number of ether oxygens (including phenoxy) is 1. The van der Waals surface area contributed by atoms with Gasteiger partial charge in [0.2, 0.25) is 11.8 Å². The molecule has 190 valence electrons. The predicted molar refractivity (Wildman–Crippen MR) is 137 cm³/mol. The maximum Gasteiger partial charge on any atom is 0.328 e. The summed E-state index contributed by atoms with van der Waals surface area (Å²) in [6, 6.07) is 6.84. The van der Waals surface area contributed by atoms with E-state index in [9.17, 15) is 19.2 Å². The van der Waals surface area contributed by atoms with Crippen molar-refractivity contribution in [3.63, 3.8) is 0 Å². The lowest BCUT2D eigenvalue weighted by Gasteiger charge is -2.32. The fourth-order valence-corrected chi connectivity index (χ4v) is 5.74. The summed E-state index contributed by atoms with van der Waals surface area (Å²) in [5.41, 5.74) is 0.711.